The third kappa shape index (κ3) is 2.01. The van der Waals surface area contributed by atoms with Gasteiger partial charge < -0.3 is 4.98 Å². The molecule has 0 aliphatic heterocycles. The minimum absolute atomic E-state index is 0.804. The number of nitrogens with zero attached hydrogens (tertiary/aromatic N) is 1. The SMILES string of the molecule is CCCc1nc2sc3c(c2c(=S)[nH]1)CCC(C)C3. The van der Waals surface area contributed by atoms with Gasteiger partial charge in [0.2, 0.25) is 0 Å². The zero-order valence-corrected chi connectivity index (χ0v) is 12.5. The highest BCUT2D eigenvalue weighted by Gasteiger charge is 2.21. The minimum Gasteiger partial charge on any atom is -0.334 e. The van der Waals surface area contributed by atoms with Gasteiger partial charge in [-0.25, -0.2) is 4.98 Å². The predicted octanol–water partition coefficient (Wildman–Crippen LogP) is 4.43. The Hall–Kier alpha value is -0.740. The number of H-pyrrole nitrogens is 1. The van der Waals surface area contributed by atoms with Crippen LogP contribution in [0.3, 0.4) is 0 Å². The second kappa shape index (κ2) is 4.74. The average molecular weight is 278 g/mol. The topological polar surface area (TPSA) is 28.7 Å². The first kappa shape index (κ1) is 12.3. The molecule has 0 bridgehead atoms. The molecule has 2 nitrogen and oxygen atoms in total. The van der Waals surface area contributed by atoms with E-state index in [1.54, 1.807) is 0 Å². The van der Waals surface area contributed by atoms with E-state index in [2.05, 4.69) is 18.8 Å². The Kier molecular flexibility index (Phi) is 3.24. The van der Waals surface area contributed by atoms with Crippen molar-refractivity contribution in [2.24, 2.45) is 5.92 Å². The van der Waals surface area contributed by atoms with Crippen molar-refractivity contribution in [3.63, 3.8) is 0 Å². The molecule has 1 aliphatic carbocycles. The highest BCUT2D eigenvalue weighted by Crippen LogP contribution is 2.37. The van der Waals surface area contributed by atoms with E-state index in [0.717, 1.165) is 34.1 Å². The van der Waals surface area contributed by atoms with Crippen molar-refractivity contribution in [2.75, 3.05) is 0 Å². The summed E-state index contributed by atoms with van der Waals surface area (Å²) in [5, 5.41) is 1.23. The van der Waals surface area contributed by atoms with Crippen LogP contribution in [0.25, 0.3) is 10.2 Å². The fraction of sp³-hybridized carbons (Fsp3) is 0.571. The lowest BCUT2D eigenvalue weighted by Gasteiger charge is -2.17. The number of rotatable bonds is 2. The quantitative estimate of drug-likeness (QED) is 0.823. The number of hydrogen-bond acceptors (Lipinski definition) is 3. The zero-order chi connectivity index (χ0) is 12.7. The summed E-state index contributed by atoms with van der Waals surface area (Å²) in [6.07, 6.45) is 5.74. The van der Waals surface area contributed by atoms with E-state index in [0.29, 0.717) is 0 Å². The average Bonchev–Trinajstić information content (AvgIpc) is 2.66. The number of nitrogens with one attached hydrogen (secondary N) is 1. The monoisotopic (exact) mass is 278 g/mol. The van der Waals surface area contributed by atoms with Crippen molar-refractivity contribution in [3.8, 4) is 0 Å². The first-order chi connectivity index (χ1) is 8.69. The zero-order valence-electron chi connectivity index (χ0n) is 10.9. The van der Waals surface area contributed by atoms with Crippen molar-refractivity contribution in [1.29, 1.82) is 0 Å². The van der Waals surface area contributed by atoms with Crippen LogP contribution in [-0.4, -0.2) is 9.97 Å². The van der Waals surface area contributed by atoms with Gasteiger partial charge in [-0.05, 0) is 37.2 Å². The van der Waals surface area contributed by atoms with Crippen LogP contribution in [0.4, 0.5) is 0 Å². The van der Waals surface area contributed by atoms with E-state index >= 15 is 0 Å². The Morgan fingerprint density at radius 2 is 2.33 bits per heavy atom. The number of aryl methyl sites for hydroxylation is 2. The highest BCUT2D eigenvalue weighted by atomic mass is 32.1. The second-order valence-corrected chi connectivity index (χ2v) is 6.79. The van der Waals surface area contributed by atoms with Gasteiger partial charge in [-0.1, -0.05) is 26.1 Å². The molecule has 1 N–H and O–H groups in total. The number of aromatic amines is 1. The summed E-state index contributed by atoms with van der Waals surface area (Å²) in [6, 6.07) is 0. The molecular formula is C14H18N2S2. The largest absolute Gasteiger partial charge is 0.334 e. The minimum atomic E-state index is 0.804. The summed E-state index contributed by atoms with van der Waals surface area (Å²) >= 11 is 7.39. The summed E-state index contributed by atoms with van der Waals surface area (Å²) in [5.74, 6) is 1.85. The molecule has 0 fully saturated rings. The van der Waals surface area contributed by atoms with E-state index in [1.165, 1.54) is 35.1 Å². The lowest BCUT2D eigenvalue weighted by atomic mass is 9.89. The van der Waals surface area contributed by atoms with Gasteiger partial charge in [-0.3, -0.25) is 0 Å². The lowest BCUT2D eigenvalue weighted by Crippen LogP contribution is -2.08. The summed E-state index contributed by atoms with van der Waals surface area (Å²) in [5.41, 5.74) is 1.48. The van der Waals surface area contributed by atoms with E-state index in [9.17, 15) is 0 Å². The third-order valence-electron chi connectivity index (χ3n) is 3.70. The van der Waals surface area contributed by atoms with Crippen LogP contribution in [0.1, 0.15) is 43.0 Å². The van der Waals surface area contributed by atoms with Gasteiger partial charge in [-0.15, -0.1) is 11.3 Å². The van der Waals surface area contributed by atoms with Crippen LogP contribution >= 0.6 is 23.6 Å². The molecule has 4 heteroatoms. The van der Waals surface area contributed by atoms with Crippen LogP contribution < -0.4 is 0 Å². The van der Waals surface area contributed by atoms with E-state index < -0.39 is 0 Å². The van der Waals surface area contributed by atoms with Gasteiger partial charge in [-0.2, -0.15) is 0 Å². The van der Waals surface area contributed by atoms with Gasteiger partial charge in [0, 0.05) is 16.7 Å². The van der Waals surface area contributed by atoms with Crippen LogP contribution in [0, 0.1) is 10.6 Å². The summed E-state index contributed by atoms with van der Waals surface area (Å²) in [7, 11) is 0. The first-order valence-corrected chi connectivity index (χ1v) is 7.95. The molecule has 0 saturated carbocycles. The van der Waals surface area contributed by atoms with Crippen LogP contribution in [0.2, 0.25) is 0 Å². The van der Waals surface area contributed by atoms with E-state index in [4.69, 9.17) is 17.2 Å². The molecular weight excluding hydrogens is 260 g/mol. The molecule has 2 aromatic heterocycles. The Balaban J connectivity index is 2.19. The maximum Gasteiger partial charge on any atom is 0.128 e. The van der Waals surface area contributed by atoms with Crippen molar-refractivity contribution >= 4 is 33.8 Å². The van der Waals surface area contributed by atoms with Gasteiger partial charge >= 0.3 is 0 Å². The number of aromatic nitrogens is 2. The summed E-state index contributed by atoms with van der Waals surface area (Å²) in [4.78, 5) is 10.7. The molecule has 0 spiro atoms. The van der Waals surface area contributed by atoms with Crippen molar-refractivity contribution in [2.45, 2.75) is 46.0 Å². The van der Waals surface area contributed by atoms with Crippen molar-refractivity contribution in [3.05, 3.63) is 20.9 Å². The molecule has 2 heterocycles. The number of thiophene rings is 1. The molecule has 0 radical (unpaired) electrons. The number of fused-ring (bicyclic) bond motifs is 3. The molecule has 1 unspecified atom stereocenters. The molecule has 96 valence electrons. The van der Waals surface area contributed by atoms with Crippen LogP contribution in [0.5, 0.6) is 0 Å². The molecule has 0 amide bonds. The Morgan fingerprint density at radius 3 is 3.11 bits per heavy atom. The fourth-order valence-corrected chi connectivity index (χ4v) is 4.56. The highest BCUT2D eigenvalue weighted by molar-refractivity contribution is 7.71. The van der Waals surface area contributed by atoms with Crippen LogP contribution in [-0.2, 0) is 19.3 Å². The van der Waals surface area contributed by atoms with Crippen molar-refractivity contribution in [1.82, 2.24) is 9.97 Å². The Labute approximate surface area is 116 Å². The lowest BCUT2D eigenvalue weighted by molar-refractivity contribution is 0.509. The molecule has 0 aromatic carbocycles. The fourth-order valence-electron chi connectivity index (χ4n) is 2.75. The molecule has 1 atom stereocenters. The van der Waals surface area contributed by atoms with E-state index in [-0.39, 0.29) is 0 Å². The van der Waals surface area contributed by atoms with Gasteiger partial charge in [0.1, 0.15) is 15.3 Å². The van der Waals surface area contributed by atoms with Gasteiger partial charge in [0.15, 0.2) is 0 Å². The van der Waals surface area contributed by atoms with Crippen molar-refractivity contribution < 1.29 is 0 Å². The third-order valence-corrected chi connectivity index (χ3v) is 5.16. The summed E-state index contributed by atoms with van der Waals surface area (Å²) in [6.45, 7) is 4.51. The van der Waals surface area contributed by atoms with Crippen LogP contribution in [0.15, 0.2) is 0 Å². The standard InChI is InChI=1S/C14H18N2S2/c1-3-4-11-15-13(17)12-9-6-5-8(2)7-10(9)18-14(12)16-11/h8H,3-7H2,1-2H3,(H,15,16,17). The number of hydrogen-bond donors (Lipinski definition) is 1. The molecule has 0 saturated heterocycles. The Morgan fingerprint density at radius 1 is 1.50 bits per heavy atom. The molecule has 18 heavy (non-hydrogen) atoms. The molecule has 1 aliphatic rings. The normalized spacial score (nSPS) is 19.1. The smallest absolute Gasteiger partial charge is 0.128 e. The predicted molar refractivity (Wildman–Crippen MR) is 80.0 cm³/mol. The van der Waals surface area contributed by atoms with Gasteiger partial charge in [0.25, 0.3) is 0 Å². The molecule has 3 rings (SSSR count). The first-order valence-electron chi connectivity index (χ1n) is 6.72. The molecule has 2 aromatic rings. The maximum atomic E-state index is 5.54. The van der Waals surface area contributed by atoms with E-state index in [1.807, 2.05) is 11.3 Å². The second-order valence-electron chi connectivity index (χ2n) is 5.29. The Bertz CT molecular complexity index is 639. The van der Waals surface area contributed by atoms with Gasteiger partial charge in [0.05, 0.1) is 0 Å². The summed E-state index contributed by atoms with van der Waals surface area (Å²) < 4.78 is 0.899. The maximum absolute atomic E-state index is 5.54.